The number of rotatable bonds is 16. The zero-order chi connectivity index (χ0) is 54.1. The number of nitrogens with two attached hydrogens (primary N) is 2. The van der Waals surface area contributed by atoms with Gasteiger partial charge < -0.3 is 63.6 Å². The number of carbonyl (C=O) groups is 10. The topological polar surface area (TPSA) is 369 Å². The molecular weight excluding hydrogens is 937 g/mol. The second kappa shape index (κ2) is 30.9. The minimum atomic E-state index is -1.85. The van der Waals surface area contributed by atoms with Crippen molar-refractivity contribution in [3.8, 4) is 0 Å². The molecule has 0 aliphatic carbocycles. The summed E-state index contributed by atoms with van der Waals surface area (Å²) in [6.45, 7) is 10.7. The van der Waals surface area contributed by atoms with E-state index in [1.165, 1.54) is 32.9 Å². The zero-order valence-corrected chi connectivity index (χ0v) is 42.0. The molecule has 2 rings (SSSR count). The number of ether oxygens (including phenoxy) is 1. The molecule has 23 heteroatoms. The van der Waals surface area contributed by atoms with Crippen LogP contribution >= 0.6 is 0 Å². The van der Waals surface area contributed by atoms with Gasteiger partial charge in [-0.15, -0.1) is 0 Å². The predicted octanol–water partition coefficient (Wildman–Crippen LogP) is 0.339. The molecule has 0 saturated carbocycles. The summed E-state index contributed by atoms with van der Waals surface area (Å²) in [4.78, 5) is 135. The third-order valence-electron chi connectivity index (χ3n) is 11.2. The summed E-state index contributed by atoms with van der Waals surface area (Å²) >= 11 is 0. The first-order chi connectivity index (χ1) is 33.9. The highest BCUT2D eigenvalue weighted by Gasteiger charge is 2.33. The summed E-state index contributed by atoms with van der Waals surface area (Å²) in [5.74, 6) is -11.7. The summed E-state index contributed by atoms with van der Waals surface area (Å²) in [7, 11) is 0. The number of nitrogens with zero attached hydrogens (tertiary/aromatic N) is 1. The Morgan fingerprint density at radius 2 is 1.44 bits per heavy atom. The van der Waals surface area contributed by atoms with E-state index in [9.17, 15) is 58.2 Å². The Bertz CT molecular complexity index is 2210. The number of hydrogen-bond acceptors (Lipinski definition) is 12. The Morgan fingerprint density at radius 3 is 2.04 bits per heavy atom. The first kappa shape index (κ1) is 60.5. The second-order valence-corrected chi connectivity index (χ2v) is 17.9. The van der Waals surface area contributed by atoms with Crippen LogP contribution in [0.1, 0.15) is 99.0 Å². The van der Waals surface area contributed by atoms with Crippen molar-refractivity contribution in [2.45, 2.75) is 136 Å². The van der Waals surface area contributed by atoms with Crippen molar-refractivity contribution in [3.05, 3.63) is 71.5 Å². The van der Waals surface area contributed by atoms with E-state index in [0.717, 1.165) is 5.56 Å². The molecule has 1 saturated heterocycles. The highest BCUT2D eigenvalue weighted by molar-refractivity contribution is 6.00. The van der Waals surface area contributed by atoms with Crippen molar-refractivity contribution in [1.29, 1.82) is 0 Å². The van der Waals surface area contributed by atoms with Gasteiger partial charge in [0.15, 0.2) is 5.96 Å². The fourth-order valence-corrected chi connectivity index (χ4v) is 7.36. The van der Waals surface area contributed by atoms with Crippen LogP contribution in [-0.2, 0) is 59.1 Å². The highest BCUT2D eigenvalue weighted by Crippen LogP contribution is 2.19. The Kier molecular flexibility index (Phi) is 26.0. The van der Waals surface area contributed by atoms with Gasteiger partial charge >= 0.3 is 17.9 Å². The van der Waals surface area contributed by atoms with Crippen LogP contribution in [0.25, 0.3) is 0 Å². The summed E-state index contributed by atoms with van der Waals surface area (Å²) in [5, 5.41) is 37.4. The molecule has 8 atom stereocenters. The minimum Gasteiger partial charge on any atom is -0.480 e. The number of allylic oxidation sites excluding steroid dienone is 3. The smallest absolute Gasteiger partial charge is 0.326 e. The maximum absolute atomic E-state index is 14.3. The Labute approximate surface area is 419 Å². The van der Waals surface area contributed by atoms with Gasteiger partial charge in [-0.1, -0.05) is 87.9 Å². The summed E-state index contributed by atoms with van der Waals surface area (Å²) < 4.78 is 5.67. The highest BCUT2D eigenvalue weighted by atomic mass is 16.5. The normalized spacial score (nSPS) is 23.4. The molecule has 1 aliphatic rings. The van der Waals surface area contributed by atoms with Crippen LogP contribution in [0.15, 0.2) is 70.9 Å². The van der Waals surface area contributed by atoms with Gasteiger partial charge in [0.2, 0.25) is 35.4 Å². The number of aliphatic carboxylic acids is 2. The monoisotopic (exact) mass is 1010 g/mol. The predicted molar refractivity (Wildman–Crippen MR) is 265 cm³/mol. The van der Waals surface area contributed by atoms with Crippen molar-refractivity contribution in [1.82, 2.24) is 37.2 Å². The van der Waals surface area contributed by atoms with Gasteiger partial charge in [-0.25, -0.2) is 9.59 Å². The van der Waals surface area contributed by atoms with E-state index in [4.69, 9.17) is 16.2 Å². The number of esters is 1. The van der Waals surface area contributed by atoms with Crippen molar-refractivity contribution in [2.75, 3.05) is 13.1 Å². The van der Waals surface area contributed by atoms with Crippen LogP contribution in [0.2, 0.25) is 0 Å². The lowest BCUT2D eigenvalue weighted by atomic mass is 9.94. The van der Waals surface area contributed by atoms with E-state index in [2.05, 4.69) is 42.2 Å². The molecule has 1 aromatic carbocycles. The molecule has 1 heterocycles. The minimum absolute atomic E-state index is 0.0163. The van der Waals surface area contributed by atoms with Gasteiger partial charge in [-0.3, -0.25) is 43.3 Å². The van der Waals surface area contributed by atoms with Gasteiger partial charge in [0.05, 0.1) is 24.9 Å². The maximum Gasteiger partial charge on any atom is 0.326 e. The number of aliphatic imine (C=N–C) groups is 1. The molecule has 7 amide bonds. The van der Waals surface area contributed by atoms with Crippen LogP contribution in [0, 0.1) is 17.8 Å². The fourth-order valence-electron chi connectivity index (χ4n) is 7.36. The van der Waals surface area contributed by atoms with E-state index in [0.29, 0.717) is 18.4 Å². The molecule has 0 aromatic heterocycles. The third kappa shape index (κ3) is 22.9. The molecule has 23 nitrogen and oxygen atoms in total. The molecule has 0 unspecified atom stereocenters. The van der Waals surface area contributed by atoms with Gasteiger partial charge in [0.25, 0.3) is 5.91 Å². The Hall–Kier alpha value is -7.59. The van der Waals surface area contributed by atoms with Crippen molar-refractivity contribution in [2.24, 2.45) is 34.2 Å². The molecule has 1 aliphatic heterocycles. The fraction of sp³-hybridized carbons (Fsp3) is 0.531. The van der Waals surface area contributed by atoms with Crippen molar-refractivity contribution >= 4 is 65.2 Å². The standard InChI is InChI=1S/C49H72N10O13/c1-8-33-44(65)53-26-42(63)56-37(22-27(2)3)46(67)59-38(48(70)71)25-41(62)55-35(16-12-13-21-52-49(50)51)45(66)57-34(30(6)43(64)58-36(47(68)69)19-20-40(61)54-33)18-17-28(4)23-29(5)39(72-31(7)60)24-32-14-10-9-11-15-32/h8-11,14-15,17-18,23,27,29-30,34-39H,12-13,16,19-22,24-26H2,1-7H3,(H,53,65)(H,54,61)(H,55,62)(H,56,63)(H,57,66)(H,58,64)(H,59,67)(H,68,69)(H,70,71)(H4,50,51,52)/b18-17+,28-23+,33-8-/t29-,30-,34-,35-,36+,37-,38+,39-/m0/s1. The van der Waals surface area contributed by atoms with E-state index < -0.39 is 127 Å². The van der Waals surface area contributed by atoms with E-state index in [1.807, 2.05) is 43.3 Å². The molecular formula is C49H72N10O13. The Morgan fingerprint density at radius 1 is 0.819 bits per heavy atom. The molecule has 72 heavy (non-hydrogen) atoms. The SMILES string of the molecule is C/C=C1\NC(=O)CC[C@H](C(=O)O)NC(=O)[C@@H](C)[C@H](/C=C/C(C)=C/[C@H](C)[C@H](Cc2ccccc2)OC(C)=O)NC(=O)[C@H](CCCCN=C(N)N)NC(=O)C[C@H](C(=O)O)NC(=O)[C@H](CC(C)C)NC(=O)CNC1=O. The lowest BCUT2D eigenvalue weighted by molar-refractivity contribution is -0.148. The number of carboxylic acid groups (broad SMARTS) is 2. The van der Waals surface area contributed by atoms with Crippen molar-refractivity contribution in [3.63, 3.8) is 0 Å². The van der Waals surface area contributed by atoms with Crippen LogP contribution in [0.5, 0.6) is 0 Å². The number of benzene rings is 1. The molecule has 0 bridgehead atoms. The van der Waals surface area contributed by atoms with Crippen molar-refractivity contribution < 1.29 is 62.9 Å². The average molecular weight is 1010 g/mol. The van der Waals surface area contributed by atoms with E-state index in [1.54, 1.807) is 26.8 Å². The molecule has 1 fully saturated rings. The second-order valence-electron chi connectivity index (χ2n) is 17.9. The molecule has 0 radical (unpaired) electrons. The summed E-state index contributed by atoms with van der Waals surface area (Å²) in [5.41, 5.74) is 12.2. The maximum atomic E-state index is 14.3. The molecule has 0 spiro atoms. The molecule has 13 N–H and O–H groups in total. The number of carbonyl (C=O) groups excluding carboxylic acids is 8. The first-order valence-electron chi connectivity index (χ1n) is 23.7. The lowest BCUT2D eigenvalue weighted by Crippen LogP contribution is -2.56. The molecule has 396 valence electrons. The lowest BCUT2D eigenvalue weighted by Gasteiger charge is -2.27. The number of guanidine groups is 1. The van der Waals surface area contributed by atoms with E-state index >= 15 is 0 Å². The average Bonchev–Trinajstić information content (AvgIpc) is 3.30. The number of unbranched alkanes of at least 4 members (excludes halogenated alkanes) is 1. The summed E-state index contributed by atoms with van der Waals surface area (Å²) in [6.07, 6.45) is 4.72. The number of amides is 7. The van der Waals surface area contributed by atoms with Crippen LogP contribution < -0.4 is 48.7 Å². The quantitative estimate of drug-likeness (QED) is 0.0266. The van der Waals surface area contributed by atoms with Crippen LogP contribution in [0.3, 0.4) is 0 Å². The van der Waals surface area contributed by atoms with Crippen LogP contribution in [0.4, 0.5) is 0 Å². The van der Waals surface area contributed by atoms with Crippen LogP contribution in [-0.4, -0.2) is 125 Å². The Balaban J connectivity index is 2.69. The van der Waals surface area contributed by atoms with Gasteiger partial charge in [-0.05, 0) is 57.4 Å². The number of nitrogens with one attached hydrogen (secondary N) is 7. The zero-order valence-electron chi connectivity index (χ0n) is 42.0. The van der Waals surface area contributed by atoms with Gasteiger partial charge in [0.1, 0.15) is 36.0 Å². The number of carboxylic acids is 2. The number of hydrogen-bond donors (Lipinski definition) is 11. The summed E-state index contributed by atoms with van der Waals surface area (Å²) in [6, 6.07) is 1.99. The van der Waals surface area contributed by atoms with E-state index in [-0.39, 0.29) is 49.3 Å². The molecule has 1 aromatic rings. The first-order valence-corrected chi connectivity index (χ1v) is 23.7. The largest absolute Gasteiger partial charge is 0.480 e. The van der Waals surface area contributed by atoms with Gasteiger partial charge in [-0.2, -0.15) is 0 Å². The third-order valence-corrected chi connectivity index (χ3v) is 11.2. The van der Waals surface area contributed by atoms with Gasteiger partial charge in [0, 0.05) is 32.2 Å².